The fraction of sp³-hybridized carbons (Fsp3) is 1.00. The Morgan fingerprint density at radius 3 is 1.75 bits per heavy atom. The smallest absolute Gasteiger partial charge is 0.365 e. The minimum Gasteiger partial charge on any atom is -0.365 e. The molecular weight excluding hydrogens is 175 g/mol. The lowest BCUT2D eigenvalue weighted by molar-refractivity contribution is -0.294. The summed E-state index contributed by atoms with van der Waals surface area (Å²) in [6.45, 7) is 0.834. The summed E-state index contributed by atoms with van der Waals surface area (Å²) in [6, 6.07) is 0. The molecule has 0 saturated carbocycles. The molecule has 74 valence electrons. The summed E-state index contributed by atoms with van der Waals surface area (Å²) < 4.78 is 45.4. The molecule has 12 heavy (non-hydrogen) atoms. The molecule has 0 aliphatic carbocycles. The Morgan fingerprint density at radius 2 is 1.67 bits per heavy atom. The molecule has 2 unspecified atom stereocenters. The monoisotopic (exact) mass is 187 g/mol. The first-order valence-corrected chi connectivity index (χ1v) is 3.20. The van der Waals surface area contributed by atoms with E-state index in [0.717, 1.165) is 21.1 Å². The van der Waals surface area contributed by atoms with Crippen molar-refractivity contribution in [3.63, 3.8) is 0 Å². The van der Waals surface area contributed by atoms with E-state index in [1.807, 2.05) is 0 Å². The van der Waals surface area contributed by atoms with Crippen molar-refractivity contribution in [1.82, 2.24) is 0 Å². The number of hydrogen-bond donors (Lipinski definition) is 1. The lowest BCUT2D eigenvalue weighted by Crippen LogP contribution is -2.58. The highest BCUT2D eigenvalue weighted by Crippen LogP contribution is 2.34. The van der Waals surface area contributed by atoms with Gasteiger partial charge in [-0.3, -0.25) is 0 Å². The Balaban J connectivity index is 4.67. The van der Waals surface area contributed by atoms with Gasteiger partial charge >= 0.3 is 6.18 Å². The molecule has 0 saturated heterocycles. The van der Waals surface area contributed by atoms with Gasteiger partial charge < -0.3 is 15.2 Å². The van der Waals surface area contributed by atoms with Crippen molar-refractivity contribution in [3.8, 4) is 0 Å². The summed E-state index contributed by atoms with van der Waals surface area (Å²) >= 11 is 0. The average molecular weight is 187 g/mol. The first-order valence-electron chi connectivity index (χ1n) is 3.20. The molecular formula is C6H12F3NO2. The Bertz CT molecular complexity index is 150. The van der Waals surface area contributed by atoms with Crippen LogP contribution in [0.5, 0.6) is 0 Å². The summed E-state index contributed by atoms with van der Waals surface area (Å²) in [7, 11) is 2.03. The van der Waals surface area contributed by atoms with E-state index in [9.17, 15) is 13.2 Å². The summed E-state index contributed by atoms with van der Waals surface area (Å²) in [5, 5.41) is 0. The van der Waals surface area contributed by atoms with Gasteiger partial charge in [-0.2, -0.15) is 13.2 Å². The van der Waals surface area contributed by atoms with Gasteiger partial charge in [-0.1, -0.05) is 0 Å². The van der Waals surface area contributed by atoms with Crippen LogP contribution in [0.15, 0.2) is 0 Å². The number of nitrogens with two attached hydrogens (primary N) is 1. The number of alkyl halides is 3. The molecule has 0 aliphatic heterocycles. The van der Waals surface area contributed by atoms with E-state index in [4.69, 9.17) is 5.73 Å². The van der Waals surface area contributed by atoms with E-state index in [1.54, 1.807) is 0 Å². The lowest BCUT2D eigenvalue weighted by Gasteiger charge is -2.34. The topological polar surface area (TPSA) is 44.5 Å². The Labute approximate surface area is 68.6 Å². The van der Waals surface area contributed by atoms with Gasteiger partial charge in [-0.25, -0.2) is 0 Å². The summed E-state index contributed by atoms with van der Waals surface area (Å²) in [5.74, 6) is 0. The van der Waals surface area contributed by atoms with Gasteiger partial charge in [-0.15, -0.1) is 0 Å². The summed E-state index contributed by atoms with van der Waals surface area (Å²) in [4.78, 5) is 0. The first-order chi connectivity index (χ1) is 5.29. The van der Waals surface area contributed by atoms with E-state index in [-0.39, 0.29) is 0 Å². The second kappa shape index (κ2) is 3.59. The van der Waals surface area contributed by atoms with Gasteiger partial charge in [0.05, 0.1) is 0 Å². The Hall–Kier alpha value is -0.330. The predicted molar refractivity (Wildman–Crippen MR) is 36.5 cm³/mol. The van der Waals surface area contributed by atoms with E-state index in [1.165, 1.54) is 0 Å². The zero-order chi connectivity index (χ0) is 9.99. The summed E-state index contributed by atoms with van der Waals surface area (Å²) in [6.07, 6.45) is -6.07. The van der Waals surface area contributed by atoms with Crippen LogP contribution in [0, 0.1) is 0 Å². The molecule has 3 nitrogen and oxygen atoms in total. The van der Waals surface area contributed by atoms with Crippen LogP contribution < -0.4 is 5.73 Å². The minimum atomic E-state index is -4.54. The normalized spacial score (nSPS) is 20.2. The molecule has 0 amide bonds. The molecule has 0 aromatic carbocycles. The maximum Gasteiger partial charge on any atom is 0.421 e. The maximum absolute atomic E-state index is 12.3. The van der Waals surface area contributed by atoms with Crippen LogP contribution in [-0.2, 0) is 9.47 Å². The van der Waals surface area contributed by atoms with Crippen LogP contribution in [0.2, 0.25) is 0 Å². The predicted octanol–water partition coefficient (Wildman–Crippen LogP) is 0.885. The number of hydrogen-bond acceptors (Lipinski definition) is 3. The second-order valence-electron chi connectivity index (χ2n) is 2.47. The second-order valence-corrected chi connectivity index (χ2v) is 2.47. The molecule has 0 heterocycles. The van der Waals surface area contributed by atoms with Crippen LogP contribution in [-0.4, -0.2) is 32.2 Å². The number of halogens is 3. The molecule has 0 bridgehead atoms. The largest absolute Gasteiger partial charge is 0.421 e. The van der Waals surface area contributed by atoms with E-state index < -0.39 is 18.0 Å². The van der Waals surface area contributed by atoms with Gasteiger partial charge in [0.1, 0.15) is 6.23 Å². The van der Waals surface area contributed by atoms with Crippen LogP contribution in [0.3, 0.4) is 0 Å². The van der Waals surface area contributed by atoms with Crippen LogP contribution in [0.4, 0.5) is 13.2 Å². The van der Waals surface area contributed by atoms with Crippen molar-refractivity contribution in [2.24, 2.45) is 5.73 Å². The molecule has 0 aromatic rings. The molecule has 2 N–H and O–H groups in total. The zero-order valence-electron chi connectivity index (χ0n) is 7.11. The zero-order valence-corrected chi connectivity index (χ0v) is 7.11. The highest BCUT2D eigenvalue weighted by molar-refractivity contribution is 4.88. The minimum absolute atomic E-state index is 0.834. The van der Waals surface area contributed by atoms with Crippen molar-refractivity contribution in [1.29, 1.82) is 0 Å². The van der Waals surface area contributed by atoms with E-state index >= 15 is 0 Å². The Morgan fingerprint density at radius 1 is 1.25 bits per heavy atom. The van der Waals surface area contributed by atoms with E-state index in [0.29, 0.717) is 0 Å². The third-order valence-corrected chi connectivity index (χ3v) is 1.78. The van der Waals surface area contributed by atoms with Gasteiger partial charge in [0.2, 0.25) is 0 Å². The molecule has 0 radical (unpaired) electrons. The number of ether oxygens (including phenoxy) is 2. The van der Waals surface area contributed by atoms with Crippen molar-refractivity contribution in [3.05, 3.63) is 0 Å². The fourth-order valence-electron chi connectivity index (χ4n) is 0.618. The van der Waals surface area contributed by atoms with Gasteiger partial charge in [-0.05, 0) is 6.92 Å². The SMILES string of the molecule is COC(N)C(C)(OC)C(F)(F)F. The third kappa shape index (κ3) is 1.88. The van der Waals surface area contributed by atoms with Crippen LogP contribution in [0.25, 0.3) is 0 Å². The lowest BCUT2D eigenvalue weighted by atomic mass is 10.0. The average Bonchev–Trinajstić information content (AvgIpc) is 1.99. The van der Waals surface area contributed by atoms with Crippen molar-refractivity contribution >= 4 is 0 Å². The van der Waals surface area contributed by atoms with Crippen molar-refractivity contribution < 1.29 is 22.6 Å². The highest BCUT2D eigenvalue weighted by Gasteiger charge is 2.56. The maximum atomic E-state index is 12.3. The van der Waals surface area contributed by atoms with Crippen molar-refractivity contribution in [2.45, 2.75) is 24.9 Å². The highest BCUT2D eigenvalue weighted by atomic mass is 19.4. The Kier molecular flexibility index (Phi) is 3.49. The molecule has 0 rings (SSSR count). The van der Waals surface area contributed by atoms with Gasteiger partial charge in [0.25, 0.3) is 0 Å². The molecule has 0 fully saturated rings. The van der Waals surface area contributed by atoms with E-state index in [2.05, 4.69) is 9.47 Å². The molecule has 0 aliphatic rings. The standard InChI is InChI=1S/C6H12F3NO2/c1-5(12-3,4(10)11-2)6(7,8)9/h4H,10H2,1-3H3. The molecule has 2 atom stereocenters. The quantitative estimate of drug-likeness (QED) is 0.667. The first kappa shape index (κ1) is 11.7. The molecule has 0 aromatic heterocycles. The van der Waals surface area contributed by atoms with Crippen molar-refractivity contribution in [2.75, 3.05) is 14.2 Å². The molecule has 6 heteroatoms. The fourth-order valence-corrected chi connectivity index (χ4v) is 0.618. The number of rotatable bonds is 3. The van der Waals surface area contributed by atoms with Crippen LogP contribution >= 0.6 is 0 Å². The third-order valence-electron chi connectivity index (χ3n) is 1.78. The van der Waals surface area contributed by atoms with Gasteiger partial charge in [0, 0.05) is 14.2 Å². The summed E-state index contributed by atoms with van der Waals surface area (Å²) in [5.41, 5.74) is 2.62. The van der Waals surface area contributed by atoms with Gasteiger partial charge in [0.15, 0.2) is 5.60 Å². The van der Waals surface area contributed by atoms with Crippen LogP contribution in [0.1, 0.15) is 6.92 Å². The molecule has 0 spiro atoms. The number of methoxy groups -OCH3 is 2.